The van der Waals surface area contributed by atoms with Crippen LogP contribution in [0.2, 0.25) is 0 Å². The van der Waals surface area contributed by atoms with Crippen LogP contribution in [0.4, 0.5) is 0 Å². The Balaban J connectivity index is 2.63. The topological polar surface area (TPSA) is 40.6 Å². The smallest absolute Gasteiger partial charge is 0.224 e. The molecule has 0 saturated carbocycles. The molecule has 0 atom stereocenters. The molecule has 122 valence electrons. The maximum absolute atomic E-state index is 12.4. The van der Waals surface area contributed by atoms with Gasteiger partial charge < -0.3 is 9.80 Å². The first-order chi connectivity index (χ1) is 10.3. The van der Waals surface area contributed by atoms with Crippen LogP contribution in [0, 0.1) is 0 Å². The number of hydrogen-bond acceptors (Lipinski definition) is 2. The molecule has 22 heavy (non-hydrogen) atoms. The molecule has 0 saturated heterocycles. The Morgan fingerprint density at radius 3 is 2.14 bits per heavy atom. The maximum atomic E-state index is 12.4. The summed E-state index contributed by atoms with van der Waals surface area (Å²) in [5.74, 6) is 0.0910. The largest absolute Gasteiger partial charge is 0.339 e. The van der Waals surface area contributed by atoms with Crippen molar-refractivity contribution >= 4 is 11.8 Å². The van der Waals surface area contributed by atoms with Crippen molar-refractivity contribution < 1.29 is 9.59 Å². The van der Waals surface area contributed by atoms with Crippen LogP contribution in [0.3, 0.4) is 0 Å². The Morgan fingerprint density at radius 1 is 1.09 bits per heavy atom. The van der Waals surface area contributed by atoms with Crippen LogP contribution in [0.5, 0.6) is 0 Å². The van der Waals surface area contributed by atoms with E-state index in [1.54, 1.807) is 11.8 Å². The van der Waals surface area contributed by atoms with Gasteiger partial charge in [0.2, 0.25) is 11.8 Å². The molecule has 1 aromatic carbocycles. The quantitative estimate of drug-likeness (QED) is 0.810. The van der Waals surface area contributed by atoms with Crippen LogP contribution >= 0.6 is 0 Å². The summed E-state index contributed by atoms with van der Waals surface area (Å²) in [4.78, 5) is 27.7. The van der Waals surface area contributed by atoms with Gasteiger partial charge in [0.15, 0.2) is 0 Å². The van der Waals surface area contributed by atoms with Crippen molar-refractivity contribution in [3.8, 4) is 0 Å². The summed E-state index contributed by atoms with van der Waals surface area (Å²) < 4.78 is 0. The monoisotopic (exact) mass is 304 g/mol. The van der Waals surface area contributed by atoms with E-state index < -0.39 is 0 Å². The third-order valence-electron chi connectivity index (χ3n) is 3.69. The summed E-state index contributed by atoms with van der Waals surface area (Å²) in [7, 11) is 0. The van der Waals surface area contributed by atoms with Crippen LogP contribution in [0.15, 0.2) is 30.3 Å². The van der Waals surface area contributed by atoms with Crippen LogP contribution < -0.4 is 0 Å². The summed E-state index contributed by atoms with van der Waals surface area (Å²) in [5.41, 5.74) is 0.861. The van der Waals surface area contributed by atoms with Gasteiger partial charge in [-0.25, -0.2) is 0 Å². The number of carbonyl (C=O) groups is 2. The summed E-state index contributed by atoms with van der Waals surface area (Å²) >= 11 is 0. The van der Waals surface area contributed by atoms with Crippen molar-refractivity contribution in [1.29, 1.82) is 0 Å². The third kappa shape index (κ3) is 5.51. The lowest BCUT2D eigenvalue weighted by Gasteiger charge is -2.35. The van der Waals surface area contributed by atoms with Gasteiger partial charge in [-0.3, -0.25) is 9.59 Å². The summed E-state index contributed by atoms with van der Waals surface area (Å²) in [5, 5.41) is 0. The van der Waals surface area contributed by atoms with Crippen LogP contribution in [-0.2, 0) is 16.1 Å². The number of carbonyl (C=O) groups excluding carboxylic acids is 2. The second-order valence-electron chi connectivity index (χ2n) is 6.48. The van der Waals surface area contributed by atoms with Gasteiger partial charge in [0.25, 0.3) is 0 Å². The molecule has 4 heteroatoms. The van der Waals surface area contributed by atoms with Gasteiger partial charge in [0.05, 0.1) is 0 Å². The van der Waals surface area contributed by atoms with Gasteiger partial charge in [-0.05, 0) is 33.3 Å². The highest BCUT2D eigenvalue weighted by atomic mass is 16.2. The SMILES string of the molecule is CCN(Cc1ccccc1)C(=O)CCN(C(C)=O)C(C)(C)C. The molecule has 0 radical (unpaired) electrons. The van der Waals surface area contributed by atoms with Crippen molar-refractivity contribution in [3.63, 3.8) is 0 Å². The number of nitrogens with zero attached hydrogens (tertiary/aromatic N) is 2. The van der Waals surface area contributed by atoms with Crippen LogP contribution in [-0.4, -0.2) is 40.2 Å². The molecule has 0 spiro atoms. The van der Waals surface area contributed by atoms with Crippen LogP contribution in [0.25, 0.3) is 0 Å². The molecule has 1 rings (SSSR count). The molecule has 0 aliphatic rings. The molecular weight excluding hydrogens is 276 g/mol. The summed E-state index contributed by atoms with van der Waals surface area (Å²) in [6.45, 7) is 11.2. The minimum absolute atomic E-state index is 0.00593. The van der Waals surface area contributed by atoms with Crippen molar-refractivity contribution in [1.82, 2.24) is 9.80 Å². The molecule has 0 aromatic heterocycles. The van der Waals surface area contributed by atoms with E-state index in [0.29, 0.717) is 26.1 Å². The maximum Gasteiger partial charge on any atom is 0.224 e. The lowest BCUT2D eigenvalue weighted by atomic mass is 10.1. The lowest BCUT2D eigenvalue weighted by Crippen LogP contribution is -2.46. The number of rotatable bonds is 6. The minimum Gasteiger partial charge on any atom is -0.339 e. The Hall–Kier alpha value is -1.84. The van der Waals surface area contributed by atoms with Gasteiger partial charge in [-0.1, -0.05) is 30.3 Å². The Labute approximate surface area is 134 Å². The van der Waals surface area contributed by atoms with E-state index in [9.17, 15) is 9.59 Å². The molecule has 0 fully saturated rings. The second-order valence-corrected chi connectivity index (χ2v) is 6.48. The molecule has 1 aromatic rings. The minimum atomic E-state index is -0.261. The first-order valence-electron chi connectivity index (χ1n) is 7.85. The Bertz CT molecular complexity index is 492. The van der Waals surface area contributed by atoms with Crippen LogP contribution in [0.1, 0.15) is 46.6 Å². The number of amides is 2. The fourth-order valence-corrected chi connectivity index (χ4v) is 2.51. The van der Waals surface area contributed by atoms with Gasteiger partial charge in [-0.15, -0.1) is 0 Å². The second kappa shape index (κ2) is 7.97. The molecule has 2 amide bonds. The predicted molar refractivity (Wildman–Crippen MR) is 89.3 cm³/mol. The van der Waals surface area contributed by atoms with Crippen molar-refractivity contribution in [2.24, 2.45) is 0 Å². The summed E-state index contributed by atoms with van der Waals surface area (Å²) in [6, 6.07) is 9.96. The highest BCUT2D eigenvalue weighted by Crippen LogP contribution is 2.15. The molecule has 0 aliphatic heterocycles. The van der Waals surface area contributed by atoms with Gasteiger partial charge in [0.1, 0.15) is 0 Å². The van der Waals surface area contributed by atoms with Gasteiger partial charge in [-0.2, -0.15) is 0 Å². The number of benzene rings is 1. The fourth-order valence-electron chi connectivity index (χ4n) is 2.51. The number of hydrogen-bond donors (Lipinski definition) is 0. The predicted octanol–water partition coefficient (Wildman–Crippen LogP) is 3.07. The van der Waals surface area contributed by atoms with Crippen molar-refractivity contribution in [2.75, 3.05) is 13.1 Å². The van der Waals surface area contributed by atoms with E-state index in [4.69, 9.17) is 0 Å². The zero-order valence-electron chi connectivity index (χ0n) is 14.4. The molecule has 4 nitrogen and oxygen atoms in total. The Morgan fingerprint density at radius 2 is 1.68 bits per heavy atom. The van der Waals surface area contributed by atoms with Crippen molar-refractivity contribution in [2.45, 2.75) is 53.1 Å². The average molecular weight is 304 g/mol. The van der Waals surface area contributed by atoms with Gasteiger partial charge >= 0.3 is 0 Å². The standard InChI is InChI=1S/C18H28N2O2/c1-6-19(14-16-10-8-7-9-11-16)17(22)12-13-20(15(2)21)18(3,4)5/h7-11H,6,12-14H2,1-5H3. The molecule has 0 N–H and O–H groups in total. The third-order valence-corrected chi connectivity index (χ3v) is 3.69. The lowest BCUT2D eigenvalue weighted by molar-refractivity contribution is -0.136. The first kappa shape index (κ1) is 18.2. The van der Waals surface area contributed by atoms with Gasteiger partial charge in [0, 0.05) is 38.5 Å². The van der Waals surface area contributed by atoms with E-state index >= 15 is 0 Å². The Kier molecular flexibility index (Phi) is 6.60. The molecule has 0 heterocycles. The average Bonchev–Trinajstić information content (AvgIpc) is 2.44. The zero-order valence-corrected chi connectivity index (χ0v) is 14.4. The van der Waals surface area contributed by atoms with E-state index in [-0.39, 0.29) is 17.4 Å². The summed E-state index contributed by atoms with van der Waals surface area (Å²) in [6.07, 6.45) is 0.359. The van der Waals surface area contributed by atoms with E-state index in [1.807, 2.05) is 62.9 Å². The van der Waals surface area contributed by atoms with Crippen molar-refractivity contribution in [3.05, 3.63) is 35.9 Å². The normalized spacial score (nSPS) is 11.1. The van der Waals surface area contributed by atoms with E-state index in [0.717, 1.165) is 5.56 Å². The molecular formula is C18H28N2O2. The molecule has 0 aliphatic carbocycles. The van der Waals surface area contributed by atoms with E-state index in [1.165, 1.54) is 0 Å². The molecule has 0 bridgehead atoms. The molecule has 0 unspecified atom stereocenters. The highest BCUT2D eigenvalue weighted by Gasteiger charge is 2.24. The fraction of sp³-hybridized carbons (Fsp3) is 0.556. The first-order valence-corrected chi connectivity index (χ1v) is 7.85. The highest BCUT2D eigenvalue weighted by molar-refractivity contribution is 5.78. The van der Waals surface area contributed by atoms with E-state index in [2.05, 4.69) is 0 Å². The zero-order chi connectivity index (χ0) is 16.8.